The molecule has 0 fully saturated rings. The molecule has 0 saturated heterocycles. The van der Waals surface area contributed by atoms with E-state index < -0.39 is 0 Å². The first-order valence-corrected chi connectivity index (χ1v) is 9.24. The molecule has 0 unspecified atom stereocenters. The lowest BCUT2D eigenvalue weighted by Crippen LogP contribution is -2.23. The Kier molecular flexibility index (Phi) is 6.52. The molecule has 2 N–H and O–H groups in total. The van der Waals surface area contributed by atoms with Gasteiger partial charge in [-0.3, -0.25) is 9.59 Å². The van der Waals surface area contributed by atoms with Crippen molar-refractivity contribution in [3.63, 3.8) is 0 Å². The monoisotopic (exact) mass is 373 g/mol. The highest BCUT2D eigenvalue weighted by Gasteiger charge is 2.08. The largest absolute Gasteiger partial charge is 0.352 e. The standard InChI is InChI=1S/C23H23N3O2/c1-17-13-14-24-21(15-17)26-23(28)20-10-7-19(8-11-20)16-25-22(27)12-9-18-5-3-2-4-6-18/h2-8,10-11,13-15H,9,12,16H2,1H3,(H,25,27)(H,24,26,28). The Morgan fingerprint density at radius 2 is 1.68 bits per heavy atom. The van der Waals surface area contributed by atoms with Crippen LogP contribution in [0.15, 0.2) is 72.9 Å². The van der Waals surface area contributed by atoms with Gasteiger partial charge in [0, 0.05) is 24.7 Å². The molecule has 1 heterocycles. The van der Waals surface area contributed by atoms with Crippen LogP contribution in [0.1, 0.15) is 33.5 Å². The lowest BCUT2D eigenvalue weighted by Gasteiger charge is -2.08. The van der Waals surface area contributed by atoms with E-state index in [1.165, 1.54) is 0 Å². The summed E-state index contributed by atoms with van der Waals surface area (Å²) in [5.41, 5.74) is 3.67. The van der Waals surface area contributed by atoms with Crippen molar-refractivity contribution in [2.45, 2.75) is 26.3 Å². The Bertz CT molecular complexity index is 938. The van der Waals surface area contributed by atoms with Crippen molar-refractivity contribution in [1.29, 1.82) is 0 Å². The van der Waals surface area contributed by atoms with Crippen molar-refractivity contribution in [2.75, 3.05) is 5.32 Å². The van der Waals surface area contributed by atoms with Crippen LogP contribution in [0.25, 0.3) is 0 Å². The molecule has 0 aliphatic carbocycles. The van der Waals surface area contributed by atoms with E-state index in [-0.39, 0.29) is 11.8 Å². The minimum absolute atomic E-state index is 0.0104. The van der Waals surface area contributed by atoms with Gasteiger partial charge in [0.15, 0.2) is 0 Å². The average Bonchev–Trinajstić information content (AvgIpc) is 2.72. The van der Waals surface area contributed by atoms with E-state index in [0.29, 0.717) is 24.3 Å². The molecule has 3 aromatic rings. The summed E-state index contributed by atoms with van der Waals surface area (Å²) >= 11 is 0. The maximum absolute atomic E-state index is 12.3. The van der Waals surface area contributed by atoms with Crippen LogP contribution in [0.5, 0.6) is 0 Å². The van der Waals surface area contributed by atoms with Crippen molar-refractivity contribution in [3.05, 3.63) is 95.2 Å². The van der Waals surface area contributed by atoms with Gasteiger partial charge in [0.2, 0.25) is 5.91 Å². The Labute approximate surface area is 164 Å². The van der Waals surface area contributed by atoms with Gasteiger partial charge >= 0.3 is 0 Å². The normalized spacial score (nSPS) is 10.3. The second-order valence-electron chi connectivity index (χ2n) is 6.63. The Morgan fingerprint density at radius 3 is 2.39 bits per heavy atom. The smallest absolute Gasteiger partial charge is 0.256 e. The van der Waals surface area contributed by atoms with E-state index in [2.05, 4.69) is 15.6 Å². The summed E-state index contributed by atoms with van der Waals surface area (Å²) in [6.07, 6.45) is 2.83. The molecule has 3 rings (SSSR count). The molecule has 0 saturated carbocycles. The van der Waals surface area contributed by atoms with Crippen LogP contribution < -0.4 is 10.6 Å². The summed E-state index contributed by atoms with van der Waals surface area (Å²) in [7, 11) is 0. The highest BCUT2D eigenvalue weighted by atomic mass is 16.2. The van der Waals surface area contributed by atoms with Gasteiger partial charge in [0.25, 0.3) is 5.91 Å². The third kappa shape index (κ3) is 5.77. The molecular formula is C23H23N3O2. The maximum Gasteiger partial charge on any atom is 0.256 e. The number of carbonyl (C=O) groups is 2. The van der Waals surface area contributed by atoms with Crippen molar-refractivity contribution in [2.24, 2.45) is 0 Å². The predicted octanol–water partition coefficient (Wildman–Crippen LogP) is 3.89. The number of carbonyl (C=O) groups excluding carboxylic acids is 2. The summed E-state index contributed by atoms with van der Waals surface area (Å²) in [6, 6.07) is 20.8. The third-order valence-corrected chi connectivity index (χ3v) is 4.35. The number of benzene rings is 2. The van der Waals surface area contributed by atoms with Crippen LogP contribution in [0.3, 0.4) is 0 Å². The number of anilines is 1. The van der Waals surface area contributed by atoms with Crippen molar-refractivity contribution >= 4 is 17.6 Å². The summed E-state index contributed by atoms with van der Waals surface area (Å²) in [5, 5.41) is 5.70. The van der Waals surface area contributed by atoms with E-state index in [4.69, 9.17) is 0 Å². The number of nitrogens with one attached hydrogen (secondary N) is 2. The van der Waals surface area contributed by atoms with E-state index >= 15 is 0 Å². The zero-order valence-corrected chi connectivity index (χ0v) is 15.8. The molecule has 2 aromatic carbocycles. The Hall–Kier alpha value is -3.47. The molecule has 142 valence electrons. The van der Waals surface area contributed by atoms with Gasteiger partial charge < -0.3 is 10.6 Å². The van der Waals surface area contributed by atoms with Crippen LogP contribution >= 0.6 is 0 Å². The van der Waals surface area contributed by atoms with Crippen molar-refractivity contribution < 1.29 is 9.59 Å². The predicted molar refractivity (Wildman–Crippen MR) is 110 cm³/mol. The van der Waals surface area contributed by atoms with Gasteiger partial charge in [-0.1, -0.05) is 42.5 Å². The highest BCUT2D eigenvalue weighted by Crippen LogP contribution is 2.10. The molecule has 0 radical (unpaired) electrons. The Balaban J connectivity index is 1.47. The third-order valence-electron chi connectivity index (χ3n) is 4.35. The zero-order valence-electron chi connectivity index (χ0n) is 15.8. The zero-order chi connectivity index (χ0) is 19.8. The number of hydrogen-bond donors (Lipinski definition) is 2. The number of aryl methyl sites for hydroxylation is 2. The van der Waals surface area contributed by atoms with Crippen LogP contribution in [0, 0.1) is 6.92 Å². The SMILES string of the molecule is Cc1ccnc(NC(=O)c2ccc(CNC(=O)CCc3ccccc3)cc2)c1. The Morgan fingerprint density at radius 1 is 0.929 bits per heavy atom. The van der Waals surface area contributed by atoms with Gasteiger partial charge in [-0.15, -0.1) is 0 Å². The number of pyridine rings is 1. The number of rotatable bonds is 7. The molecule has 5 nitrogen and oxygen atoms in total. The van der Waals surface area contributed by atoms with Crippen molar-refractivity contribution in [3.8, 4) is 0 Å². The molecule has 5 heteroatoms. The van der Waals surface area contributed by atoms with Gasteiger partial charge in [-0.25, -0.2) is 4.98 Å². The molecule has 1 aromatic heterocycles. The molecule has 0 bridgehead atoms. The fourth-order valence-corrected chi connectivity index (χ4v) is 2.76. The number of nitrogens with zero attached hydrogens (tertiary/aromatic N) is 1. The van der Waals surface area contributed by atoms with E-state index in [9.17, 15) is 9.59 Å². The second-order valence-corrected chi connectivity index (χ2v) is 6.63. The first-order valence-electron chi connectivity index (χ1n) is 9.24. The lowest BCUT2D eigenvalue weighted by atomic mass is 10.1. The number of hydrogen-bond acceptors (Lipinski definition) is 3. The summed E-state index contributed by atoms with van der Waals surface area (Å²) in [5.74, 6) is 0.326. The fraction of sp³-hybridized carbons (Fsp3) is 0.174. The van der Waals surface area contributed by atoms with Gasteiger partial charge in [-0.2, -0.15) is 0 Å². The van der Waals surface area contributed by atoms with Gasteiger partial charge in [0.1, 0.15) is 5.82 Å². The van der Waals surface area contributed by atoms with Gasteiger partial charge in [-0.05, 0) is 54.3 Å². The van der Waals surface area contributed by atoms with Crippen LogP contribution in [0.4, 0.5) is 5.82 Å². The molecule has 2 amide bonds. The lowest BCUT2D eigenvalue weighted by molar-refractivity contribution is -0.121. The topological polar surface area (TPSA) is 71.1 Å². The molecule has 0 atom stereocenters. The molecule has 28 heavy (non-hydrogen) atoms. The average molecular weight is 373 g/mol. The summed E-state index contributed by atoms with van der Waals surface area (Å²) < 4.78 is 0. The van der Waals surface area contributed by atoms with Crippen LogP contribution in [-0.4, -0.2) is 16.8 Å². The minimum Gasteiger partial charge on any atom is -0.352 e. The van der Waals surface area contributed by atoms with Crippen molar-refractivity contribution in [1.82, 2.24) is 10.3 Å². The highest BCUT2D eigenvalue weighted by molar-refractivity contribution is 6.03. The number of aromatic nitrogens is 1. The van der Waals surface area contributed by atoms with Crippen LogP contribution in [0.2, 0.25) is 0 Å². The molecule has 0 aliphatic heterocycles. The summed E-state index contributed by atoms with van der Waals surface area (Å²) in [6.45, 7) is 2.38. The fourth-order valence-electron chi connectivity index (χ4n) is 2.76. The molecule has 0 spiro atoms. The maximum atomic E-state index is 12.3. The first-order chi connectivity index (χ1) is 13.6. The number of amides is 2. The minimum atomic E-state index is -0.212. The van der Waals surface area contributed by atoms with E-state index in [1.54, 1.807) is 18.3 Å². The van der Waals surface area contributed by atoms with E-state index in [0.717, 1.165) is 23.1 Å². The molecular weight excluding hydrogens is 350 g/mol. The van der Waals surface area contributed by atoms with E-state index in [1.807, 2.05) is 61.5 Å². The first kappa shape index (κ1) is 19.3. The summed E-state index contributed by atoms with van der Waals surface area (Å²) in [4.78, 5) is 28.4. The second kappa shape index (κ2) is 9.46. The van der Waals surface area contributed by atoms with Crippen LogP contribution in [-0.2, 0) is 17.8 Å². The van der Waals surface area contributed by atoms with Gasteiger partial charge in [0.05, 0.1) is 0 Å². The quantitative estimate of drug-likeness (QED) is 0.660. The molecule has 0 aliphatic rings.